The first kappa shape index (κ1) is 13.3. The summed E-state index contributed by atoms with van der Waals surface area (Å²) in [6, 6.07) is 6.50. The highest BCUT2D eigenvalue weighted by atomic mass is 16.1. The fraction of sp³-hybridized carbons (Fsp3) is 0.562. The van der Waals surface area contributed by atoms with Crippen molar-refractivity contribution in [1.82, 2.24) is 9.88 Å². The molecule has 0 radical (unpaired) electrons. The van der Waals surface area contributed by atoms with Gasteiger partial charge in [-0.3, -0.25) is 9.78 Å². The smallest absolute Gasteiger partial charge is 0.185 e. The number of carbonyl (C=O) groups excluding carboxylic acids is 1. The van der Waals surface area contributed by atoms with Crippen molar-refractivity contribution in [2.45, 2.75) is 44.2 Å². The minimum absolute atomic E-state index is 0.0310. The van der Waals surface area contributed by atoms with Crippen molar-refractivity contribution in [2.75, 3.05) is 7.05 Å². The van der Waals surface area contributed by atoms with Crippen LogP contribution in [0, 0.1) is 17.2 Å². The van der Waals surface area contributed by atoms with Crippen LogP contribution in [0.2, 0.25) is 0 Å². The third kappa shape index (κ3) is 2.23. The van der Waals surface area contributed by atoms with E-state index in [1.165, 1.54) is 19.3 Å². The van der Waals surface area contributed by atoms with Crippen molar-refractivity contribution >= 4 is 5.78 Å². The van der Waals surface area contributed by atoms with Crippen LogP contribution in [0.25, 0.3) is 0 Å². The second-order valence-corrected chi connectivity index (χ2v) is 5.95. The highest BCUT2D eigenvalue weighted by Gasteiger charge is 2.39. The van der Waals surface area contributed by atoms with Crippen LogP contribution in [-0.2, 0) is 0 Å². The zero-order chi connectivity index (χ0) is 14.1. The number of fused-ring (bicyclic) bond motifs is 2. The maximum absolute atomic E-state index is 12.7. The number of carbonyl (C=O) groups is 1. The number of pyridine rings is 1. The zero-order valence-electron chi connectivity index (χ0n) is 11.7. The zero-order valence-corrected chi connectivity index (χ0v) is 11.7. The molecule has 4 heteroatoms. The molecule has 0 amide bonds. The van der Waals surface area contributed by atoms with Gasteiger partial charge in [0.25, 0.3) is 0 Å². The van der Waals surface area contributed by atoms with Crippen LogP contribution in [0.15, 0.2) is 18.3 Å². The molecule has 104 valence electrons. The van der Waals surface area contributed by atoms with Gasteiger partial charge in [-0.25, -0.2) is 0 Å². The van der Waals surface area contributed by atoms with E-state index in [9.17, 15) is 4.79 Å². The minimum Gasteiger partial charge on any atom is -0.300 e. The molecule has 2 bridgehead atoms. The number of rotatable bonds is 2. The molecule has 0 saturated carbocycles. The summed E-state index contributed by atoms with van der Waals surface area (Å²) in [4.78, 5) is 19.3. The van der Waals surface area contributed by atoms with Crippen molar-refractivity contribution in [1.29, 1.82) is 5.26 Å². The fourth-order valence-corrected chi connectivity index (χ4v) is 3.72. The first-order valence-electron chi connectivity index (χ1n) is 7.32. The maximum Gasteiger partial charge on any atom is 0.185 e. The first-order chi connectivity index (χ1) is 9.70. The normalized spacial score (nSPS) is 29.7. The fourth-order valence-electron chi connectivity index (χ4n) is 3.72. The lowest BCUT2D eigenvalue weighted by Gasteiger charge is -2.46. The molecule has 0 aromatic carbocycles. The number of nitriles is 1. The average Bonchev–Trinajstić information content (AvgIpc) is 2.46. The van der Waals surface area contributed by atoms with E-state index in [1.54, 1.807) is 18.3 Å². The summed E-state index contributed by atoms with van der Waals surface area (Å²) in [5, 5.41) is 9.12. The minimum atomic E-state index is 0.0310. The number of aromatic nitrogens is 1. The van der Waals surface area contributed by atoms with E-state index >= 15 is 0 Å². The lowest BCUT2D eigenvalue weighted by atomic mass is 9.76. The van der Waals surface area contributed by atoms with E-state index in [-0.39, 0.29) is 11.7 Å². The summed E-state index contributed by atoms with van der Waals surface area (Å²) < 4.78 is 0. The van der Waals surface area contributed by atoms with Crippen molar-refractivity contribution in [3.63, 3.8) is 0 Å². The predicted molar refractivity (Wildman–Crippen MR) is 75.2 cm³/mol. The van der Waals surface area contributed by atoms with Gasteiger partial charge >= 0.3 is 0 Å². The van der Waals surface area contributed by atoms with Crippen LogP contribution < -0.4 is 0 Å². The molecule has 2 saturated heterocycles. The van der Waals surface area contributed by atoms with Crippen molar-refractivity contribution in [3.8, 4) is 6.07 Å². The lowest BCUT2D eigenvalue weighted by molar-refractivity contribution is 0.0336. The molecule has 2 fully saturated rings. The number of piperidine rings is 2. The van der Waals surface area contributed by atoms with Gasteiger partial charge in [0.1, 0.15) is 11.8 Å². The molecule has 20 heavy (non-hydrogen) atoms. The first-order valence-corrected chi connectivity index (χ1v) is 7.32. The van der Waals surface area contributed by atoms with Crippen molar-refractivity contribution in [2.24, 2.45) is 5.92 Å². The molecular formula is C16H19N3O. The highest BCUT2D eigenvalue weighted by molar-refractivity contribution is 5.98. The number of nitrogens with zero attached hydrogens (tertiary/aromatic N) is 3. The van der Waals surface area contributed by atoms with Crippen LogP contribution in [0.3, 0.4) is 0 Å². The third-order valence-corrected chi connectivity index (χ3v) is 4.87. The van der Waals surface area contributed by atoms with Gasteiger partial charge in [-0.1, -0.05) is 6.42 Å². The monoisotopic (exact) mass is 269 g/mol. The Kier molecular flexibility index (Phi) is 3.54. The van der Waals surface area contributed by atoms with Gasteiger partial charge in [0.15, 0.2) is 5.78 Å². The van der Waals surface area contributed by atoms with E-state index in [0.29, 0.717) is 23.3 Å². The molecule has 0 N–H and O–H groups in total. The average molecular weight is 269 g/mol. The van der Waals surface area contributed by atoms with Crippen molar-refractivity contribution in [3.05, 3.63) is 29.6 Å². The number of ketones is 1. The van der Waals surface area contributed by atoms with Gasteiger partial charge in [-0.2, -0.15) is 5.26 Å². The standard InChI is InChI=1S/C16H19N3O/c1-19-13-5-2-6-14(19)9-12(8-13)16(20)15-11(10-17)4-3-7-18-15/h3-4,7,12-14H,2,5-6,8-9H2,1H3. The third-order valence-electron chi connectivity index (χ3n) is 4.87. The Morgan fingerprint density at radius 2 is 2.10 bits per heavy atom. The Bertz CT molecular complexity index is 549. The number of hydrogen-bond donors (Lipinski definition) is 0. The summed E-state index contributed by atoms with van der Waals surface area (Å²) in [6.45, 7) is 0. The van der Waals surface area contributed by atoms with Gasteiger partial charge in [-0.05, 0) is 44.9 Å². The van der Waals surface area contributed by atoms with E-state index in [4.69, 9.17) is 5.26 Å². The molecule has 3 rings (SSSR count). The second kappa shape index (κ2) is 5.34. The second-order valence-electron chi connectivity index (χ2n) is 5.95. The number of hydrogen-bond acceptors (Lipinski definition) is 4. The van der Waals surface area contributed by atoms with Crippen LogP contribution in [0.4, 0.5) is 0 Å². The Balaban J connectivity index is 1.83. The largest absolute Gasteiger partial charge is 0.300 e. The molecule has 3 heterocycles. The SMILES string of the molecule is CN1C2CCCC1CC(C(=O)c1ncccc1C#N)C2. The Morgan fingerprint density at radius 1 is 1.40 bits per heavy atom. The summed E-state index contributed by atoms with van der Waals surface area (Å²) >= 11 is 0. The Hall–Kier alpha value is -1.73. The van der Waals surface area contributed by atoms with Gasteiger partial charge in [-0.15, -0.1) is 0 Å². The van der Waals surface area contributed by atoms with E-state index < -0.39 is 0 Å². The quantitative estimate of drug-likeness (QED) is 0.774. The van der Waals surface area contributed by atoms with Gasteiger partial charge in [0.2, 0.25) is 0 Å². The Labute approximate surface area is 119 Å². The molecule has 1 aromatic heterocycles. The summed E-state index contributed by atoms with van der Waals surface area (Å²) in [5.41, 5.74) is 0.768. The lowest BCUT2D eigenvalue weighted by Crippen LogP contribution is -2.51. The van der Waals surface area contributed by atoms with Crippen molar-refractivity contribution < 1.29 is 4.79 Å². The summed E-state index contributed by atoms with van der Waals surface area (Å²) in [7, 11) is 2.18. The molecule has 2 unspecified atom stereocenters. The molecule has 2 aliphatic heterocycles. The summed E-state index contributed by atoms with van der Waals surface area (Å²) in [5.74, 6) is 0.0932. The van der Waals surface area contributed by atoms with E-state index in [2.05, 4.69) is 23.0 Å². The highest BCUT2D eigenvalue weighted by Crippen LogP contribution is 2.37. The molecule has 0 spiro atoms. The van der Waals surface area contributed by atoms with Gasteiger partial charge < -0.3 is 4.90 Å². The van der Waals surface area contributed by atoms with Crippen LogP contribution in [0.1, 0.15) is 48.2 Å². The van der Waals surface area contributed by atoms with E-state index in [0.717, 1.165) is 12.8 Å². The molecule has 1 aromatic rings. The van der Waals surface area contributed by atoms with Gasteiger partial charge in [0, 0.05) is 24.2 Å². The topological polar surface area (TPSA) is 57.0 Å². The maximum atomic E-state index is 12.7. The summed E-state index contributed by atoms with van der Waals surface area (Å²) in [6.07, 6.45) is 7.06. The molecule has 0 aliphatic carbocycles. The van der Waals surface area contributed by atoms with Crippen LogP contribution in [-0.4, -0.2) is 34.8 Å². The molecule has 2 aliphatic rings. The van der Waals surface area contributed by atoms with Gasteiger partial charge in [0.05, 0.1) is 5.56 Å². The molecular weight excluding hydrogens is 250 g/mol. The Morgan fingerprint density at radius 3 is 2.75 bits per heavy atom. The van der Waals surface area contributed by atoms with Crippen LogP contribution >= 0.6 is 0 Å². The van der Waals surface area contributed by atoms with E-state index in [1.807, 2.05) is 0 Å². The van der Waals surface area contributed by atoms with Crippen LogP contribution in [0.5, 0.6) is 0 Å². The molecule has 2 atom stereocenters. The predicted octanol–water partition coefficient (Wildman–Crippen LogP) is 2.40. The number of Topliss-reactive ketones (excluding diaryl/α,β-unsaturated/α-hetero) is 1. The molecule has 4 nitrogen and oxygen atoms in total.